The molecule has 0 saturated heterocycles. The van der Waals surface area contributed by atoms with Gasteiger partial charge in [0.25, 0.3) is 5.69 Å². The third kappa shape index (κ3) is 3.24. The second-order valence-electron chi connectivity index (χ2n) is 5.37. The maximum absolute atomic E-state index is 13.5. The van der Waals surface area contributed by atoms with E-state index in [2.05, 4.69) is 5.10 Å². The predicted molar refractivity (Wildman–Crippen MR) is 88.7 cm³/mol. The minimum absolute atomic E-state index is 0.130. The van der Waals surface area contributed by atoms with Crippen molar-refractivity contribution in [2.75, 3.05) is 11.9 Å². The number of nitrogens with zero attached hydrogens (tertiary/aromatic N) is 4. The van der Waals surface area contributed by atoms with Crippen LogP contribution in [-0.2, 0) is 6.54 Å². The monoisotopic (exact) mass is 326 g/mol. The molecule has 2 aromatic carbocycles. The molecule has 122 valence electrons. The SMILES string of the molecule is CN(Cc1cnn(-c2ccccc2)c1)c1cc(F)ccc1[N+](=O)[O-]. The van der Waals surface area contributed by atoms with Gasteiger partial charge in [-0.15, -0.1) is 0 Å². The van der Waals surface area contributed by atoms with E-state index in [1.165, 1.54) is 12.1 Å². The van der Waals surface area contributed by atoms with E-state index in [-0.39, 0.29) is 11.4 Å². The Labute approximate surface area is 137 Å². The smallest absolute Gasteiger partial charge is 0.292 e. The van der Waals surface area contributed by atoms with Crippen molar-refractivity contribution in [3.63, 3.8) is 0 Å². The molecule has 0 aliphatic heterocycles. The fraction of sp³-hybridized carbons (Fsp3) is 0.118. The Kier molecular flexibility index (Phi) is 4.24. The van der Waals surface area contributed by atoms with Gasteiger partial charge in [0.1, 0.15) is 11.5 Å². The quantitative estimate of drug-likeness (QED) is 0.531. The van der Waals surface area contributed by atoms with Crippen LogP contribution in [0.4, 0.5) is 15.8 Å². The highest BCUT2D eigenvalue weighted by molar-refractivity contribution is 5.63. The summed E-state index contributed by atoms with van der Waals surface area (Å²) < 4.78 is 15.2. The molecule has 1 aromatic heterocycles. The van der Waals surface area contributed by atoms with Crippen LogP contribution in [0.15, 0.2) is 60.9 Å². The Bertz CT molecular complexity index is 864. The molecule has 3 aromatic rings. The highest BCUT2D eigenvalue weighted by Gasteiger charge is 2.18. The molecular formula is C17H15FN4O2. The van der Waals surface area contributed by atoms with Gasteiger partial charge in [0, 0.05) is 37.5 Å². The normalized spacial score (nSPS) is 10.6. The number of benzene rings is 2. The van der Waals surface area contributed by atoms with Crippen LogP contribution in [0, 0.1) is 15.9 Å². The van der Waals surface area contributed by atoms with Crippen molar-refractivity contribution in [2.45, 2.75) is 6.54 Å². The summed E-state index contributed by atoms with van der Waals surface area (Å²) in [6.07, 6.45) is 3.53. The molecule has 0 aliphatic carbocycles. The minimum Gasteiger partial charge on any atom is -0.365 e. The van der Waals surface area contributed by atoms with Crippen molar-refractivity contribution in [1.29, 1.82) is 0 Å². The van der Waals surface area contributed by atoms with Crippen LogP contribution in [0.2, 0.25) is 0 Å². The lowest BCUT2D eigenvalue weighted by atomic mass is 10.2. The number of hydrogen-bond donors (Lipinski definition) is 0. The Balaban J connectivity index is 1.83. The summed E-state index contributed by atoms with van der Waals surface area (Å²) in [6.45, 7) is 0.372. The maximum atomic E-state index is 13.5. The summed E-state index contributed by atoms with van der Waals surface area (Å²) in [5.74, 6) is -0.512. The first kappa shape index (κ1) is 15.7. The highest BCUT2D eigenvalue weighted by Crippen LogP contribution is 2.29. The van der Waals surface area contributed by atoms with E-state index >= 15 is 0 Å². The van der Waals surface area contributed by atoms with Crippen LogP contribution < -0.4 is 4.90 Å². The number of aromatic nitrogens is 2. The molecule has 6 nitrogen and oxygen atoms in total. The molecule has 24 heavy (non-hydrogen) atoms. The summed E-state index contributed by atoms with van der Waals surface area (Å²) >= 11 is 0. The second-order valence-corrected chi connectivity index (χ2v) is 5.37. The number of nitro benzene ring substituents is 1. The molecule has 0 fully saturated rings. The predicted octanol–water partition coefficient (Wildman–Crippen LogP) is 3.56. The summed E-state index contributed by atoms with van der Waals surface area (Å²) in [5.41, 5.74) is 1.88. The van der Waals surface area contributed by atoms with Gasteiger partial charge in [-0.3, -0.25) is 10.1 Å². The summed E-state index contributed by atoms with van der Waals surface area (Å²) in [6, 6.07) is 13.0. The molecule has 3 rings (SSSR count). The molecule has 0 aliphatic rings. The van der Waals surface area contributed by atoms with E-state index < -0.39 is 10.7 Å². The molecule has 0 spiro atoms. The van der Waals surface area contributed by atoms with Gasteiger partial charge in [-0.1, -0.05) is 18.2 Å². The third-order valence-corrected chi connectivity index (χ3v) is 3.62. The van der Waals surface area contributed by atoms with E-state index in [4.69, 9.17) is 0 Å². The average molecular weight is 326 g/mol. The van der Waals surface area contributed by atoms with Crippen LogP contribution in [0.3, 0.4) is 0 Å². The number of anilines is 1. The minimum atomic E-state index is -0.515. The largest absolute Gasteiger partial charge is 0.365 e. The lowest BCUT2D eigenvalue weighted by Gasteiger charge is -2.18. The van der Waals surface area contributed by atoms with Crippen LogP contribution in [0.1, 0.15) is 5.56 Å². The van der Waals surface area contributed by atoms with E-state index in [1.54, 1.807) is 22.8 Å². The van der Waals surface area contributed by atoms with Gasteiger partial charge in [0.15, 0.2) is 0 Å². The summed E-state index contributed by atoms with van der Waals surface area (Å²) in [5, 5.41) is 15.4. The van der Waals surface area contributed by atoms with Crippen LogP contribution in [0.5, 0.6) is 0 Å². The molecule has 7 heteroatoms. The van der Waals surface area contributed by atoms with Gasteiger partial charge in [-0.25, -0.2) is 9.07 Å². The van der Waals surface area contributed by atoms with Crippen molar-refractivity contribution in [3.8, 4) is 5.69 Å². The van der Waals surface area contributed by atoms with Gasteiger partial charge in [0.05, 0.1) is 16.8 Å². The molecule has 0 atom stereocenters. The number of halogens is 1. The maximum Gasteiger partial charge on any atom is 0.292 e. The van der Waals surface area contributed by atoms with Crippen LogP contribution >= 0.6 is 0 Å². The van der Waals surface area contributed by atoms with Crippen LogP contribution in [-0.4, -0.2) is 21.8 Å². The second kappa shape index (κ2) is 6.49. The van der Waals surface area contributed by atoms with Gasteiger partial charge in [0.2, 0.25) is 0 Å². The molecule has 0 amide bonds. The van der Waals surface area contributed by atoms with Gasteiger partial charge < -0.3 is 4.90 Å². The molecular weight excluding hydrogens is 311 g/mol. The summed E-state index contributed by atoms with van der Waals surface area (Å²) in [7, 11) is 1.68. The Morgan fingerprint density at radius 3 is 2.71 bits per heavy atom. The van der Waals surface area contributed by atoms with E-state index in [9.17, 15) is 14.5 Å². The van der Waals surface area contributed by atoms with E-state index in [1.807, 2.05) is 36.5 Å². The first-order chi connectivity index (χ1) is 11.5. The fourth-order valence-electron chi connectivity index (χ4n) is 2.48. The van der Waals surface area contributed by atoms with Crippen molar-refractivity contribution in [2.24, 2.45) is 0 Å². The molecule has 0 saturated carbocycles. The fourth-order valence-corrected chi connectivity index (χ4v) is 2.48. The zero-order valence-electron chi connectivity index (χ0n) is 13.0. The molecule has 0 radical (unpaired) electrons. The van der Waals surface area contributed by atoms with Crippen molar-refractivity contribution in [3.05, 3.63) is 82.4 Å². The van der Waals surface area contributed by atoms with Crippen molar-refractivity contribution in [1.82, 2.24) is 9.78 Å². The lowest BCUT2D eigenvalue weighted by Crippen LogP contribution is -2.17. The Hall–Kier alpha value is -3.22. The number of para-hydroxylation sites is 1. The van der Waals surface area contributed by atoms with Gasteiger partial charge in [-0.2, -0.15) is 5.10 Å². The van der Waals surface area contributed by atoms with Crippen molar-refractivity contribution < 1.29 is 9.31 Å². The first-order valence-corrected chi connectivity index (χ1v) is 7.28. The zero-order chi connectivity index (χ0) is 17.1. The molecule has 0 N–H and O–H groups in total. The van der Waals surface area contributed by atoms with Crippen LogP contribution in [0.25, 0.3) is 5.69 Å². The Morgan fingerprint density at radius 1 is 1.25 bits per heavy atom. The van der Waals surface area contributed by atoms with E-state index in [0.29, 0.717) is 6.54 Å². The standard InChI is InChI=1S/C17H15FN4O2/c1-20(17-9-14(18)7-8-16(17)22(23)24)11-13-10-19-21(12-13)15-5-3-2-4-6-15/h2-10,12H,11H2,1H3. The first-order valence-electron chi connectivity index (χ1n) is 7.28. The molecule has 0 unspecified atom stereocenters. The van der Waals surface area contributed by atoms with Gasteiger partial charge in [-0.05, 0) is 18.2 Å². The number of hydrogen-bond acceptors (Lipinski definition) is 4. The number of nitro groups is 1. The Morgan fingerprint density at radius 2 is 2.00 bits per heavy atom. The molecule has 1 heterocycles. The topological polar surface area (TPSA) is 64.2 Å². The van der Waals surface area contributed by atoms with Crippen molar-refractivity contribution >= 4 is 11.4 Å². The third-order valence-electron chi connectivity index (χ3n) is 3.62. The van der Waals surface area contributed by atoms with E-state index in [0.717, 1.165) is 17.3 Å². The highest BCUT2D eigenvalue weighted by atomic mass is 19.1. The zero-order valence-corrected chi connectivity index (χ0v) is 13.0. The average Bonchev–Trinajstić information content (AvgIpc) is 3.03. The van der Waals surface area contributed by atoms with Gasteiger partial charge >= 0.3 is 0 Å². The lowest BCUT2D eigenvalue weighted by molar-refractivity contribution is -0.384. The number of rotatable bonds is 5. The summed E-state index contributed by atoms with van der Waals surface area (Å²) in [4.78, 5) is 12.2. The molecule has 0 bridgehead atoms.